The van der Waals surface area contributed by atoms with E-state index >= 15 is 0 Å². The fraction of sp³-hybridized carbons (Fsp3) is 0.450. The molecule has 2 aliphatic rings. The van der Waals surface area contributed by atoms with Crippen molar-refractivity contribution in [2.45, 2.75) is 32.7 Å². The number of hydrogen-bond acceptors (Lipinski definition) is 5. The van der Waals surface area contributed by atoms with Crippen molar-refractivity contribution in [3.05, 3.63) is 48.0 Å². The number of esters is 1. The molecule has 1 fully saturated rings. The molecule has 0 N–H and O–H groups in total. The Hall–Kier alpha value is -2.43. The van der Waals surface area contributed by atoms with Gasteiger partial charge in [0.25, 0.3) is 5.90 Å². The molecule has 0 spiro atoms. The van der Waals surface area contributed by atoms with E-state index in [1.54, 1.807) is 13.8 Å². The number of hydrogen-bond donors (Lipinski definition) is 0. The van der Waals surface area contributed by atoms with Crippen LogP contribution in [0.1, 0.15) is 32.8 Å². The lowest BCUT2D eigenvalue weighted by atomic mass is 9.46. The minimum Gasteiger partial charge on any atom is -0.476 e. The van der Waals surface area contributed by atoms with Gasteiger partial charge in [0.15, 0.2) is 5.41 Å². The quantitative estimate of drug-likeness (QED) is 0.469. The van der Waals surface area contributed by atoms with Crippen molar-refractivity contribution in [1.82, 2.24) is 0 Å². The zero-order chi connectivity index (χ0) is 18.1. The van der Waals surface area contributed by atoms with Gasteiger partial charge in [-0.3, -0.25) is 9.59 Å². The molecule has 1 aromatic carbocycles. The van der Waals surface area contributed by atoms with Gasteiger partial charge >= 0.3 is 5.97 Å². The fourth-order valence-electron chi connectivity index (χ4n) is 4.13. The Morgan fingerprint density at radius 1 is 1.28 bits per heavy atom. The van der Waals surface area contributed by atoms with E-state index in [0.717, 1.165) is 5.56 Å². The van der Waals surface area contributed by atoms with Crippen molar-refractivity contribution in [2.75, 3.05) is 13.2 Å². The third kappa shape index (κ3) is 2.18. The summed E-state index contributed by atoms with van der Waals surface area (Å²) in [6, 6.07) is 9.51. The maximum atomic E-state index is 13.1. The monoisotopic (exact) mass is 341 g/mol. The molecule has 1 aliphatic carbocycles. The van der Waals surface area contributed by atoms with E-state index in [1.807, 2.05) is 49.4 Å². The number of carbonyl (C=O) groups is 2. The molecule has 1 aromatic rings. The summed E-state index contributed by atoms with van der Waals surface area (Å²) in [6.45, 7) is 6.00. The standard InChI is InChI=1S/C20H23NO4/c1-4-10-15-13-19(18(23)25-6-3)16(22)17(24-5-2)21-20(15,19)14-11-8-7-9-12-14/h4,7-12,15H,5-6,13H2,1-3H3/b10-4-/t15-,19-,20-/m1/s1. The van der Waals surface area contributed by atoms with Gasteiger partial charge < -0.3 is 9.47 Å². The van der Waals surface area contributed by atoms with E-state index < -0.39 is 16.9 Å². The lowest BCUT2D eigenvalue weighted by molar-refractivity contribution is -0.176. The van der Waals surface area contributed by atoms with Crippen LogP contribution < -0.4 is 0 Å². The van der Waals surface area contributed by atoms with Crippen LogP contribution in [-0.2, 0) is 24.6 Å². The molecule has 0 bridgehead atoms. The first-order chi connectivity index (χ1) is 12.1. The zero-order valence-corrected chi connectivity index (χ0v) is 14.8. The number of nitrogens with zero attached hydrogens (tertiary/aromatic N) is 1. The number of Topliss-reactive ketones (excluding diaryl/α,β-unsaturated/α-hetero) is 1. The number of rotatable bonds is 5. The Morgan fingerprint density at radius 3 is 2.60 bits per heavy atom. The molecule has 0 amide bonds. The molecule has 0 saturated heterocycles. The summed E-state index contributed by atoms with van der Waals surface area (Å²) >= 11 is 0. The Morgan fingerprint density at radius 2 is 2.00 bits per heavy atom. The van der Waals surface area contributed by atoms with Crippen LogP contribution in [0.5, 0.6) is 0 Å². The summed E-state index contributed by atoms with van der Waals surface area (Å²) in [6.07, 6.45) is 4.32. The minimum absolute atomic E-state index is 0.0337. The van der Waals surface area contributed by atoms with Gasteiger partial charge in [0.2, 0.25) is 5.78 Å². The predicted molar refractivity (Wildman–Crippen MR) is 94.2 cm³/mol. The average molecular weight is 341 g/mol. The van der Waals surface area contributed by atoms with E-state index in [2.05, 4.69) is 0 Å². The molecule has 0 radical (unpaired) electrons. The first-order valence-electron chi connectivity index (χ1n) is 8.71. The molecule has 3 atom stereocenters. The Balaban J connectivity index is 2.22. The van der Waals surface area contributed by atoms with Crippen molar-refractivity contribution in [2.24, 2.45) is 16.3 Å². The highest BCUT2D eigenvalue weighted by atomic mass is 16.5. The van der Waals surface area contributed by atoms with Gasteiger partial charge in [-0.1, -0.05) is 42.5 Å². The van der Waals surface area contributed by atoms with E-state index in [-0.39, 0.29) is 24.2 Å². The minimum atomic E-state index is -1.33. The molecule has 132 valence electrons. The zero-order valence-electron chi connectivity index (χ0n) is 14.8. The van der Waals surface area contributed by atoms with Crippen molar-refractivity contribution >= 4 is 17.7 Å². The maximum Gasteiger partial charge on any atom is 0.323 e. The van der Waals surface area contributed by atoms with Gasteiger partial charge in [0.1, 0.15) is 5.54 Å². The van der Waals surface area contributed by atoms with E-state index in [9.17, 15) is 9.59 Å². The summed E-state index contributed by atoms with van der Waals surface area (Å²) in [4.78, 5) is 30.8. The first-order valence-corrected chi connectivity index (χ1v) is 8.71. The summed E-state index contributed by atoms with van der Waals surface area (Å²) in [5.41, 5.74) is -1.49. The number of ether oxygens (including phenoxy) is 2. The summed E-state index contributed by atoms with van der Waals surface area (Å²) < 4.78 is 10.8. The number of ketones is 1. The van der Waals surface area contributed by atoms with Crippen LogP contribution in [0.4, 0.5) is 0 Å². The van der Waals surface area contributed by atoms with Gasteiger partial charge in [-0.2, -0.15) is 0 Å². The molecule has 0 unspecified atom stereocenters. The predicted octanol–water partition coefficient (Wildman–Crippen LogP) is 3.05. The van der Waals surface area contributed by atoms with Crippen LogP contribution in [-0.4, -0.2) is 30.9 Å². The normalized spacial score (nSPS) is 30.6. The Bertz CT molecular complexity index is 739. The van der Waals surface area contributed by atoms with E-state index in [4.69, 9.17) is 14.5 Å². The number of carbonyl (C=O) groups excluding carboxylic acids is 2. The van der Waals surface area contributed by atoms with Crippen LogP contribution in [0.2, 0.25) is 0 Å². The summed E-state index contributed by atoms with van der Waals surface area (Å²) in [5, 5.41) is 0. The van der Waals surface area contributed by atoms with Gasteiger partial charge in [-0.15, -0.1) is 0 Å². The van der Waals surface area contributed by atoms with Crippen molar-refractivity contribution < 1.29 is 19.1 Å². The largest absolute Gasteiger partial charge is 0.476 e. The molecule has 25 heavy (non-hydrogen) atoms. The molecule has 5 heteroatoms. The van der Waals surface area contributed by atoms with Gasteiger partial charge in [-0.05, 0) is 32.8 Å². The number of allylic oxidation sites excluding steroid dienone is 1. The van der Waals surface area contributed by atoms with Crippen LogP contribution in [0.25, 0.3) is 0 Å². The van der Waals surface area contributed by atoms with Crippen LogP contribution in [0.3, 0.4) is 0 Å². The van der Waals surface area contributed by atoms with E-state index in [0.29, 0.717) is 13.0 Å². The molecule has 1 aliphatic heterocycles. The van der Waals surface area contributed by atoms with Gasteiger partial charge in [0, 0.05) is 5.92 Å². The van der Waals surface area contributed by atoms with Gasteiger partial charge in [0.05, 0.1) is 13.2 Å². The molecule has 1 saturated carbocycles. The smallest absolute Gasteiger partial charge is 0.323 e. The average Bonchev–Trinajstić information content (AvgIpc) is 2.80. The third-order valence-corrected chi connectivity index (χ3v) is 5.12. The lowest BCUT2D eigenvalue weighted by Gasteiger charge is -2.55. The molecular weight excluding hydrogens is 318 g/mol. The molecular formula is C20H23NO4. The van der Waals surface area contributed by atoms with Crippen LogP contribution in [0.15, 0.2) is 47.5 Å². The molecule has 1 heterocycles. The first kappa shape index (κ1) is 17.4. The maximum absolute atomic E-state index is 13.1. The summed E-state index contributed by atoms with van der Waals surface area (Å²) in [7, 11) is 0. The second kappa shape index (κ2) is 6.47. The fourth-order valence-corrected chi connectivity index (χ4v) is 4.13. The van der Waals surface area contributed by atoms with Gasteiger partial charge in [-0.25, -0.2) is 4.99 Å². The van der Waals surface area contributed by atoms with Crippen LogP contribution in [0, 0.1) is 11.3 Å². The SMILES string of the molecule is C/C=C\[C@@H]1C[C@]2(C(=O)OCC)C(=O)C(OCC)=N[C@]12c1ccccc1. The molecule has 5 nitrogen and oxygen atoms in total. The van der Waals surface area contributed by atoms with Crippen molar-refractivity contribution in [1.29, 1.82) is 0 Å². The highest BCUT2D eigenvalue weighted by Crippen LogP contribution is 2.67. The number of benzene rings is 1. The Labute approximate surface area is 147 Å². The molecule has 0 aromatic heterocycles. The summed E-state index contributed by atoms with van der Waals surface area (Å²) in [5.74, 6) is -0.905. The molecule has 3 rings (SSSR count). The lowest BCUT2D eigenvalue weighted by Crippen LogP contribution is -2.65. The van der Waals surface area contributed by atoms with Crippen LogP contribution >= 0.6 is 0 Å². The van der Waals surface area contributed by atoms with Crippen molar-refractivity contribution in [3.8, 4) is 0 Å². The second-order valence-corrected chi connectivity index (χ2v) is 6.27. The number of aliphatic imine (C=N–C) groups is 1. The van der Waals surface area contributed by atoms with E-state index in [1.165, 1.54) is 0 Å². The second-order valence-electron chi connectivity index (χ2n) is 6.27. The Kier molecular flexibility index (Phi) is 4.50. The highest BCUT2D eigenvalue weighted by Gasteiger charge is 2.78. The topological polar surface area (TPSA) is 65.0 Å². The number of fused-ring (bicyclic) bond motifs is 1. The van der Waals surface area contributed by atoms with Crippen molar-refractivity contribution in [3.63, 3.8) is 0 Å². The third-order valence-electron chi connectivity index (χ3n) is 5.12. The highest BCUT2D eigenvalue weighted by molar-refractivity contribution is 6.45.